The summed E-state index contributed by atoms with van der Waals surface area (Å²) in [5.41, 5.74) is 1.29. The Kier molecular flexibility index (Phi) is 2.84. The van der Waals surface area contributed by atoms with Crippen LogP contribution in [0, 0.1) is 0 Å². The zero-order chi connectivity index (χ0) is 12.6. The second kappa shape index (κ2) is 4.17. The van der Waals surface area contributed by atoms with Crippen LogP contribution in [0.5, 0.6) is 0 Å². The fourth-order valence-corrected chi connectivity index (χ4v) is 2.03. The van der Waals surface area contributed by atoms with Crippen molar-refractivity contribution in [2.45, 2.75) is 6.42 Å². The summed E-state index contributed by atoms with van der Waals surface area (Å²) in [4.78, 5) is 24.2. The fraction of sp³-hybridized carbons (Fsp3) is 0.200. The summed E-state index contributed by atoms with van der Waals surface area (Å²) in [6, 6.07) is 4.54. The first-order chi connectivity index (χ1) is 7.99. The quantitative estimate of drug-likeness (QED) is 0.564. The van der Waals surface area contributed by atoms with Crippen LogP contribution in [0.25, 0.3) is 0 Å². The summed E-state index contributed by atoms with van der Waals surface area (Å²) >= 11 is 0. The van der Waals surface area contributed by atoms with Crippen LogP contribution in [0.3, 0.4) is 0 Å². The molecule has 2 rings (SSSR count). The molecular formula is C10H10N2O4S. The highest BCUT2D eigenvalue weighted by Gasteiger charge is 2.27. The van der Waals surface area contributed by atoms with Gasteiger partial charge in [-0.1, -0.05) is 6.07 Å². The maximum absolute atomic E-state index is 11.8. The third kappa shape index (κ3) is 2.14. The molecule has 17 heavy (non-hydrogen) atoms. The smallest absolute Gasteiger partial charge is 0.260 e. The van der Waals surface area contributed by atoms with Gasteiger partial charge in [0.05, 0.1) is 6.42 Å². The second-order valence-electron chi connectivity index (χ2n) is 3.68. The minimum absolute atomic E-state index is 0.154. The lowest BCUT2D eigenvalue weighted by atomic mass is 9.98. The third-order valence-corrected chi connectivity index (χ3v) is 3.02. The normalized spacial score (nSPS) is 15.1. The molecule has 0 saturated heterocycles. The van der Waals surface area contributed by atoms with Gasteiger partial charge in [0.2, 0.25) is 16.8 Å². The first-order valence-corrected chi connectivity index (χ1v) is 6.01. The number of likely N-dealkylation sites (N-methyl/N-ethyl adjacent to an activating group) is 1. The van der Waals surface area contributed by atoms with Crippen LogP contribution in [0.4, 0.5) is 5.69 Å². The highest BCUT2D eigenvalue weighted by molar-refractivity contribution is 7.73. The summed E-state index contributed by atoms with van der Waals surface area (Å²) in [6.45, 7) is 0. The van der Waals surface area contributed by atoms with Gasteiger partial charge >= 0.3 is 0 Å². The van der Waals surface area contributed by atoms with Crippen molar-refractivity contribution in [3.63, 3.8) is 0 Å². The lowest BCUT2D eigenvalue weighted by molar-refractivity contribution is -0.127. The van der Waals surface area contributed by atoms with E-state index < -0.39 is 16.8 Å². The molecular weight excluding hydrogens is 244 g/mol. The monoisotopic (exact) mass is 254 g/mol. The Balaban J connectivity index is 2.45. The molecule has 0 aromatic heterocycles. The molecule has 6 nitrogen and oxygen atoms in total. The maximum atomic E-state index is 11.8. The topological polar surface area (TPSA) is 83.6 Å². The van der Waals surface area contributed by atoms with Gasteiger partial charge in [-0.05, 0) is 17.7 Å². The lowest BCUT2D eigenvalue weighted by Crippen LogP contribution is -2.39. The number of fused-ring (bicyclic) bond motifs is 1. The molecule has 1 aliphatic heterocycles. The number of nitrogens with zero attached hydrogens (tertiary/aromatic N) is 1. The number of rotatable bonds is 2. The van der Waals surface area contributed by atoms with Gasteiger partial charge < -0.3 is 0 Å². The summed E-state index contributed by atoms with van der Waals surface area (Å²) in [5.74, 6) is -0.681. The van der Waals surface area contributed by atoms with Crippen molar-refractivity contribution in [1.82, 2.24) is 4.90 Å². The molecule has 1 aliphatic rings. The SMILES string of the molecule is CN1C(=O)Cc2ccc(N[SH](=O)=O)cc2C1=O. The van der Waals surface area contributed by atoms with E-state index >= 15 is 0 Å². The summed E-state index contributed by atoms with van der Waals surface area (Å²) in [7, 11) is -1.36. The van der Waals surface area contributed by atoms with Gasteiger partial charge in [-0.15, -0.1) is 0 Å². The zero-order valence-corrected chi connectivity index (χ0v) is 9.86. The summed E-state index contributed by atoms with van der Waals surface area (Å²) in [6.07, 6.45) is 0.154. The Morgan fingerprint density at radius 3 is 2.65 bits per heavy atom. The number of carbonyl (C=O) groups excluding carboxylic acids is 2. The van der Waals surface area contributed by atoms with Crippen LogP contribution in [-0.2, 0) is 22.1 Å². The molecule has 1 heterocycles. The van der Waals surface area contributed by atoms with Gasteiger partial charge in [-0.3, -0.25) is 19.2 Å². The number of amides is 2. The van der Waals surface area contributed by atoms with E-state index in [0.29, 0.717) is 16.8 Å². The number of carbonyl (C=O) groups is 2. The number of hydrogen-bond donors (Lipinski definition) is 2. The molecule has 1 aromatic carbocycles. The highest BCUT2D eigenvalue weighted by Crippen LogP contribution is 2.22. The van der Waals surface area contributed by atoms with Crippen molar-refractivity contribution < 1.29 is 18.0 Å². The van der Waals surface area contributed by atoms with E-state index in [1.165, 1.54) is 19.2 Å². The number of nitrogens with one attached hydrogen (secondary N) is 1. The molecule has 2 amide bonds. The summed E-state index contributed by atoms with van der Waals surface area (Å²) in [5, 5.41) is 0. The van der Waals surface area contributed by atoms with Crippen molar-refractivity contribution in [1.29, 1.82) is 0 Å². The van der Waals surface area contributed by atoms with Crippen molar-refractivity contribution in [2.75, 3.05) is 11.8 Å². The standard InChI is InChI=1S/C10H10N2O4S/c1-12-9(13)4-6-2-3-7(11-17(15)16)5-8(6)10(12)14/h2-3,5,17H,4H2,1H3,(H,11,15,16). The van der Waals surface area contributed by atoms with Crippen LogP contribution in [-0.4, -0.2) is 32.2 Å². The predicted octanol–water partition coefficient (Wildman–Crippen LogP) is -0.220. The Morgan fingerprint density at radius 2 is 2.00 bits per heavy atom. The van der Waals surface area contributed by atoms with E-state index in [1.54, 1.807) is 6.07 Å². The number of anilines is 1. The molecule has 1 N–H and O–H groups in total. The molecule has 90 valence electrons. The van der Waals surface area contributed by atoms with Crippen molar-refractivity contribution in [3.8, 4) is 0 Å². The maximum Gasteiger partial charge on any atom is 0.260 e. The average Bonchev–Trinajstić information content (AvgIpc) is 2.26. The molecule has 0 spiro atoms. The average molecular weight is 254 g/mol. The van der Waals surface area contributed by atoms with Gasteiger partial charge in [-0.2, -0.15) is 0 Å². The number of hydrogen-bond acceptors (Lipinski definition) is 4. The minimum atomic E-state index is -2.77. The molecule has 0 radical (unpaired) electrons. The number of imide groups is 1. The van der Waals surface area contributed by atoms with Crippen molar-refractivity contribution in [2.24, 2.45) is 0 Å². The molecule has 7 heteroatoms. The number of thiol groups is 1. The molecule has 0 atom stereocenters. The van der Waals surface area contributed by atoms with Gasteiger partial charge in [0.25, 0.3) is 5.91 Å². The molecule has 1 aromatic rings. The molecule has 0 unspecified atom stereocenters. The van der Waals surface area contributed by atoms with Crippen LogP contribution in [0.2, 0.25) is 0 Å². The highest BCUT2D eigenvalue weighted by atomic mass is 32.2. The molecule has 0 bridgehead atoms. The second-order valence-corrected chi connectivity index (χ2v) is 4.41. The summed E-state index contributed by atoms with van der Waals surface area (Å²) < 4.78 is 23.2. The van der Waals surface area contributed by atoms with E-state index in [-0.39, 0.29) is 12.3 Å². The molecule has 0 fully saturated rings. The van der Waals surface area contributed by atoms with E-state index in [1.807, 2.05) is 0 Å². The van der Waals surface area contributed by atoms with E-state index in [9.17, 15) is 18.0 Å². The van der Waals surface area contributed by atoms with Gasteiger partial charge in [-0.25, -0.2) is 8.42 Å². The molecule has 0 aliphatic carbocycles. The van der Waals surface area contributed by atoms with Crippen LogP contribution >= 0.6 is 0 Å². The largest absolute Gasteiger partial charge is 0.286 e. The number of benzene rings is 1. The molecule has 0 saturated carbocycles. The Bertz CT molecular complexity index is 572. The van der Waals surface area contributed by atoms with Crippen molar-refractivity contribution >= 4 is 28.4 Å². The Morgan fingerprint density at radius 1 is 1.29 bits per heavy atom. The van der Waals surface area contributed by atoms with Gasteiger partial charge in [0.1, 0.15) is 0 Å². The minimum Gasteiger partial charge on any atom is -0.286 e. The van der Waals surface area contributed by atoms with Crippen molar-refractivity contribution in [3.05, 3.63) is 29.3 Å². The Hall–Kier alpha value is -1.89. The fourth-order valence-electron chi connectivity index (χ4n) is 1.68. The Labute approximate surface area is 99.3 Å². The zero-order valence-electron chi connectivity index (χ0n) is 8.97. The van der Waals surface area contributed by atoms with E-state index in [2.05, 4.69) is 4.72 Å². The van der Waals surface area contributed by atoms with Gasteiger partial charge in [0.15, 0.2) is 0 Å². The van der Waals surface area contributed by atoms with Crippen LogP contribution < -0.4 is 4.72 Å². The van der Waals surface area contributed by atoms with Gasteiger partial charge in [0, 0.05) is 18.3 Å². The first-order valence-electron chi connectivity index (χ1n) is 4.84. The van der Waals surface area contributed by atoms with E-state index in [4.69, 9.17) is 0 Å². The lowest BCUT2D eigenvalue weighted by Gasteiger charge is -2.23. The predicted molar refractivity (Wildman–Crippen MR) is 61.2 cm³/mol. The third-order valence-electron chi connectivity index (χ3n) is 2.58. The van der Waals surface area contributed by atoms with Crippen LogP contribution in [0.1, 0.15) is 15.9 Å². The van der Waals surface area contributed by atoms with Crippen LogP contribution in [0.15, 0.2) is 18.2 Å². The van der Waals surface area contributed by atoms with E-state index in [0.717, 1.165) is 4.90 Å². The first kappa shape index (κ1) is 11.6.